The molecule has 2 heteroatoms. The molecule has 0 bridgehead atoms. The summed E-state index contributed by atoms with van der Waals surface area (Å²) in [5.41, 5.74) is 8.79. The lowest BCUT2D eigenvalue weighted by atomic mass is 9.47. The fourth-order valence-electron chi connectivity index (χ4n) is 4.36. The molecule has 2 aliphatic carbocycles. The summed E-state index contributed by atoms with van der Waals surface area (Å²) in [5.74, 6) is 0. The molecular weight excluding hydrogens is 210 g/mol. The van der Waals surface area contributed by atoms with Gasteiger partial charge >= 0.3 is 0 Å². The Bertz CT molecular complexity index is 307. The number of nitrogens with two attached hydrogens (primary N) is 1. The average molecular weight is 235 g/mol. The van der Waals surface area contributed by atoms with Crippen molar-refractivity contribution in [1.82, 2.24) is 0 Å². The van der Waals surface area contributed by atoms with Crippen LogP contribution in [0.25, 0.3) is 0 Å². The molecule has 3 aliphatic rings. The lowest BCUT2D eigenvalue weighted by Gasteiger charge is -2.59. The van der Waals surface area contributed by atoms with E-state index in [0.29, 0.717) is 10.8 Å². The highest BCUT2D eigenvalue weighted by atomic mass is 16.5. The average Bonchev–Trinajstić information content (AvgIpc) is 2.37. The summed E-state index contributed by atoms with van der Waals surface area (Å²) in [6.07, 6.45) is 13.1. The largest absolute Gasteiger partial charge is 0.381 e. The summed E-state index contributed by atoms with van der Waals surface area (Å²) in [6.45, 7) is 2.81. The van der Waals surface area contributed by atoms with Crippen LogP contribution in [0.1, 0.15) is 51.4 Å². The van der Waals surface area contributed by atoms with E-state index in [1.165, 1.54) is 51.4 Å². The predicted octanol–water partition coefficient (Wildman–Crippen LogP) is 3.02. The van der Waals surface area contributed by atoms with Gasteiger partial charge in [-0.15, -0.1) is 0 Å². The second-order valence-corrected chi connectivity index (χ2v) is 6.43. The zero-order chi connectivity index (χ0) is 11.8. The standard InChI is InChI=1S/C15H25NO/c16-12-15(13-4-2-1-3-5-13)10-14(11-15)6-8-17-9-7-14/h4H,1-3,5-12,16H2. The topological polar surface area (TPSA) is 35.2 Å². The van der Waals surface area contributed by atoms with E-state index in [4.69, 9.17) is 10.5 Å². The van der Waals surface area contributed by atoms with Gasteiger partial charge in [0.05, 0.1) is 0 Å². The van der Waals surface area contributed by atoms with Gasteiger partial charge in [0.25, 0.3) is 0 Å². The van der Waals surface area contributed by atoms with Crippen molar-refractivity contribution in [3.63, 3.8) is 0 Å². The Kier molecular flexibility index (Phi) is 3.04. The van der Waals surface area contributed by atoms with Crippen molar-refractivity contribution >= 4 is 0 Å². The first kappa shape index (κ1) is 11.7. The Morgan fingerprint density at radius 2 is 1.94 bits per heavy atom. The summed E-state index contributed by atoms with van der Waals surface area (Å²) < 4.78 is 5.50. The second-order valence-electron chi connectivity index (χ2n) is 6.43. The molecule has 2 fully saturated rings. The Labute approximate surface area is 105 Å². The molecule has 1 saturated carbocycles. The van der Waals surface area contributed by atoms with Gasteiger partial charge in [-0.1, -0.05) is 11.6 Å². The monoisotopic (exact) mass is 235 g/mol. The fraction of sp³-hybridized carbons (Fsp3) is 0.867. The maximum absolute atomic E-state index is 6.12. The molecular formula is C15H25NO. The normalized spacial score (nSPS) is 30.8. The molecule has 0 aromatic heterocycles. The van der Waals surface area contributed by atoms with E-state index in [-0.39, 0.29) is 0 Å². The Hall–Kier alpha value is -0.340. The number of hydrogen-bond acceptors (Lipinski definition) is 2. The van der Waals surface area contributed by atoms with Crippen molar-refractivity contribution in [2.24, 2.45) is 16.6 Å². The van der Waals surface area contributed by atoms with Crippen LogP contribution in [0.15, 0.2) is 11.6 Å². The summed E-state index contributed by atoms with van der Waals surface area (Å²) in [4.78, 5) is 0. The minimum Gasteiger partial charge on any atom is -0.381 e. The highest BCUT2D eigenvalue weighted by molar-refractivity contribution is 5.24. The first-order chi connectivity index (χ1) is 8.29. The molecule has 1 spiro atoms. The predicted molar refractivity (Wildman–Crippen MR) is 69.8 cm³/mol. The van der Waals surface area contributed by atoms with E-state index in [1.54, 1.807) is 5.57 Å². The highest BCUT2D eigenvalue weighted by Gasteiger charge is 2.55. The van der Waals surface area contributed by atoms with E-state index in [9.17, 15) is 0 Å². The second kappa shape index (κ2) is 4.40. The number of rotatable bonds is 2. The van der Waals surface area contributed by atoms with Gasteiger partial charge in [0, 0.05) is 25.2 Å². The molecule has 3 rings (SSSR count). The van der Waals surface area contributed by atoms with Crippen LogP contribution in [0.5, 0.6) is 0 Å². The van der Waals surface area contributed by atoms with Crippen molar-refractivity contribution < 1.29 is 4.74 Å². The van der Waals surface area contributed by atoms with Crippen LogP contribution < -0.4 is 5.73 Å². The molecule has 96 valence electrons. The molecule has 0 radical (unpaired) electrons. The van der Waals surface area contributed by atoms with Crippen LogP contribution in [0.2, 0.25) is 0 Å². The van der Waals surface area contributed by atoms with Gasteiger partial charge in [0.15, 0.2) is 0 Å². The third-order valence-electron chi connectivity index (χ3n) is 5.34. The third kappa shape index (κ3) is 1.96. The van der Waals surface area contributed by atoms with Crippen molar-refractivity contribution in [1.29, 1.82) is 0 Å². The van der Waals surface area contributed by atoms with E-state index in [1.807, 2.05) is 0 Å². The molecule has 0 unspecified atom stereocenters. The zero-order valence-corrected chi connectivity index (χ0v) is 10.8. The Morgan fingerprint density at radius 3 is 2.53 bits per heavy atom. The Balaban J connectivity index is 1.71. The first-order valence-electron chi connectivity index (χ1n) is 7.26. The van der Waals surface area contributed by atoms with Crippen LogP contribution in [-0.4, -0.2) is 19.8 Å². The maximum atomic E-state index is 6.12. The number of allylic oxidation sites excluding steroid dienone is 1. The van der Waals surface area contributed by atoms with Crippen LogP contribution in [-0.2, 0) is 4.74 Å². The molecule has 2 nitrogen and oxygen atoms in total. The maximum Gasteiger partial charge on any atom is 0.0471 e. The van der Waals surface area contributed by atoms with Crippen molar-refractivity contribution in [3.05, 3.63) is 11.6 Å². The summed E-state index contributed by atoms with van der Waals surface area (Å²) >= 11 is 0. The van der Waals surface area contributed by atoms with Crippen molar-refractivity contribution in [2.45, 2.75) is 51.4 Å². The summed E-state index contributed by atoms with van der Waals surface area (Å²) in [6, 6.07) is 0. The van der Waals surface area contributed by atoms with E-state index in [2.05, 4.69) is 6.08 Å². The van der Waals surface area contributed by atoms with Crippen molar-refractivity contribution in [2.75, 3.05) is 19.8 Å². The minimum absolute atomic E-state index is 0.387. The zero-order valence-electron chi connectivity index (χ0n) is 10.8. The van der Waals surface area contributed by atoms with Gasteiger partial charge in [0.2, 0.25) is 0 Å². The van der Waals surface area contributed by atoms with Gasteiger partial charge in [-0.2, -0.15) is 0 Å². The van der Waals surface area contributed by atoms with E-state index in [0.717, 1.165) is 19.8 Å². The molecule has 0 amide bonds. The number of hydrogen-bond donors (Lipinski definition) is 1. The van der Waals surface area contributed by atoms with E-state index < -0.39 is 0 Å². The highest BCUT2D eigenvalue weighted by Crippen LogP contribution is 2.63. The van der Waals surface area contributed by atoms with Gasteiger partial charge in [-0.05, 0) is 56.8 Å². The van der Waals surface area contributed by atoms with Gasteiger partial charge < -0.3 is 10.5 Å². The van der Waals surface area contributed by atoms with Crippen molar-refractivity contribution in [3.8, 4) is 0 Å². The third-order valence-corrected chi connectivity index (χ3v) is 5.34. The molecule has 17 heavy (non-hydrogen) atoms. The molecule has 0 aromatic rings. The molecule has 0 aromatic carbocycles. The summed E-state index contributed by atoms with van der Waals surface area (Å²) in [5, 5.41) is 0. The van der Waals surface area contributed by atoms with Crippen LogP contribution in [0.3, 0.4) is 0 Å². The van der Waals surface area contributed by atoms with Crippen LogP contribution >= 0.6 is 0 Å². The lowest BCUT2D eigenvalue weighted by molar-refractivity contribution is -0.0903. The quantitative estimate of drug-likeness (QED) is 0.747. The fourth-order valence-corrected chi connectivity index (χ4v) is 4.36. The molecule has 0 atom stereocenters. The van der Waals surface area contributed by atoms with Gasteiger partial charge in [0.1, 0.15) is 0 Å². The number of ether oxygens (including phenoxy) is 1. The minimum atomic E-state index is 0.387. The van der Waals surface area contributed by atoms with Crippen LogP contribution in [0, 0.1) is 10.8 Å². The van der Waals surface area contributed by atoms with Gasteiger partial charge in [-0.3, -0.25) is 0 Å². The molecule has 1 heterocycles. The molecule has 1 aliphatic heterocycles. The molecule has 1 saturated heterocycles. The smallest absolute Gasteiger partial charge is 0.0471 e. The van der Waals surface area contributed by atoms with E-state index >= 15 is 0 Å². The first-order valence-corrected chi connectivity index (χ1v) is 7.26. The lowest BCUT2D eigenvalue weighted by Crippen LogP contribution is -2.54. The SMILES string of the molecule is NCC1(C2=CCCCC2)CC2(CCOCC2)C1. The Morgan fingerprint density at radius 1 is 1.18 bits per heavy atom. The van der Waals surface area contributed by atoms with Gasteiger partial charge in [-0.25, -0.2) is 0 Å². The molecule has 2 N–H and O–H groups in total. The summed E-state index contributed by atoms with van der Waals surface area (Å²) in [7, 11) is 0. The van der Waals surface area contributed by atoms with Crippen LogP contribution in [0.4, 0.5) is 0 Å².